The highest BCUT2D eigenvalue weighted by Crippen LogP contribution is 2.13. The Balaban J connectivity index is 2.42. The Bertz CT molecular complexity index is 376. The van der Waals surface area contributed by atoms with Crippen molar-refractivity contribution in [3.63, 3.8) is 0 Å². The number of rotatable bonds is 10. The molecule has 3 heteroatoms. The van der Waals surface area contributed by atoms with Gasteiger partial charge in [-0.25, -0.2) is 0 Å². The van der Waals surface area contributed by atoms with E-state index in [1.165, 1.54) is 5.56 Å². The summed E-state index contributed by atoms with van der Waals surface area (Å²) >= 11 is 0. The van der Waals surface area contributed by atoms with Gasteiger partial charge in [-0.3, -0.25) is 0 Å². The van der Waals surface area contributed by atoms with Crippen LogP contribution in [-0.2, 0) is 11.3 Å². The summed E-state index contributed by atoms with van der Waals surface area (Å²) in [5.74, 6) is 0. The van der Waals surface area contributed by atoms with Crippen LogP contribution < -0.4 is 0 Å². The number of aliphatic hydroxyl groups excluding tert-OH is 1. The van der Waals surface area contributed by atoms with Crippen LogP contribution in [0.15, 0.2) is 30.3 Å². The van der Waals surface area contributed by atoms with Crippen LogP contribution in [0.4, 0.5) is 0 Å². The smallest absolute Gasteiger partial charge is 0.104 e. The Morgan fingerprint density at radius 3 is 2.38 bits per heavy atom. The fourth-order valence-corrected chi connectivity index (χ4v) is 2.72. The van der Waals surface area contributed by atoms with E-state index in [-0.39, 0.29) is 6.10 Å². The van der Waals surface area contributed by atoms with Gasteiger partial charge in [-0.05, 0) is 18.9 Å². The van der Waals surface area contributed by atoms with Crippen LogP contribution in [0.1, 0.15) is 38.7 Å². The van der Waals surface area contributed by atoms with E-state index in [0.717, 1.165) is 36.8 Å². The van der Waals surface area contributed by atoms with Crippen molar-refractivity contribution in [1.29, 1.82) is 0 Å². The lowest BCUT2D eigenvalue weighted by Gasteiger charge is -2.32. The number of quaternary nitrogens is 1. The Labute approximate surface area is 130 Å². The molecule has 0 aliphatic heterocycles. The zero-order chi connectivity index (χ0) is 15.7. The lowest BCUT2D eigenvalue weighted by Crippen LogP contribution is -2.46. The molecule has 3 nitrogen and oxygen atoms in total. The maximum Gasteiger partial charge on any atom is 0.104 e. The van der Waals surface area contributed by atoms with Gasteiger partial charge >= 0.3 is 0 Å². The number of hydrogen-bond donors (Lipinski definition) is 1. The summed E-state index contributed by atoms with van der Waals surface area (Å²) in [4.78, 5) is 0. The first-order valence-corrected chi connectivity index (χ1v) is 8.08. The molecule has 2 unspecified atom stereocenters. The van der Waals surface area contributed by atoms with Gasteiger partial charge in [0, 0.05) is 6.42 Å². The first-order valence-electron chi connectivity index (χ1n) is 8.08. The average Bonchev–Trinajstić information content (AvgIpc) is 2.42. The van der Waals surface area contributed by atoms with E-state index in [4.69, 9.17) is 4.74 Å². The monoisotopic (exact) mass is 294 g/mol. The Morgan fingerprint density at radius 1 is 1.14 bits per heavy atom. The molecule has 0 fully saturated rings. The molecule has 0 aliphatic rings. The standard InChI is InChI=1S/C18H32NO2/c1-5-9-18(12-13-19(3,4)14-16(2)20)21-15-17-10-7-6-8-11-17/h6-8,10-11,16,18,20H,5,9,12-15H2,1-4H3/q+1. The van der Waals surface area contributed by atoms with Gasteiger partial charge < -0.3 is 14.3 Å². The first-order chi connectivity index (χ1) is 9.93. The number of ether oxygens (including phenoxy) is 1. The van der Waals surface area contributed by atoms with E-state index < -0.39 is 0 Å². The summed E-state index contributed by atoms with van der Waals surface area (Å²) in [6, 6.07) is 10.3. The van der Waals surface area contributed by atoms with Gasteiger partial charge in [0.15, 0.2) is 0 Å². The molecule has 21 heavy (non-hydrogen) atoms. The largest absolute Gasteiger partial charge is 0.388 e. The zero-order valence-corrected chi connectivity index (χ0v) is 14.1. The van der Waals surface area contributed by atoms with E-state index in [1.54, 1.807) is 0 Å². The van der Waals surface area contributed by atoms with Gasteiger partial charge in [0.1, 0.15) is 12.6 Å². The highest BCUT2D eigenvalue weighted by Gasteiger charge is 2.20. The molecule has 1 aromatic carbocycles. The zero-order valence-electron chi connectivity index (χ0n) is 14.1. The molecular formula is C18H32NO2+. The van der Waals surface area contributed by atoms with Gasteiger partial charge in [0.25, 0.3) is 0 Å². The molecule has 0 radical (unpaired) electrons. The maximum absolute atomic E-state index is 9.56. The van der Waals surface area contributed by atoms with Crippen molar-refractivity contribution < 1.29 is 14.3 Å². The lowest BCUT2D eigenvalue weighted by molar-refractivity contribution is -0.893. The Kier molecular flexibility index (Phi) is 7.94. The molecule has 0 bridgehead atoms. The van der Waals surface area contributed by atoms with Crippen LogP contribution in [0, 0.1) is 0 Å². The molecule has 0 aliphatic carbocycles. The third-order valence-electron chi connectivity index (χ3n) is 3.75. The highest BCUT2D eigenvalue weighted by atomic mass is 16.5. The molecule has 0 spiro atoms. The summed E-state index contributed by atoms with van der Waals surface area (Å²) < 4.78 is 6.94. The van der Waals surface area contributed by atoms with Crippen LogP contribution >= 0.6 is 0 Å². The number of hydrogen-bond acceptors (Lipinski definition) is 2. The van der Waals surface area contributed by atoms with Crippen LogP contribution in [0.25, 0.3) is 0 Å². The molecule has 0 heterocycles. The predicted octanol–water partition coefficient (Wildman–Crippen LogP) is 3.22. The van der Waals surface area contributed by atoms with Crippen LogP contribution in [-0.4, -0.2) is 49.0 Å². The fraction of sp³-hybridized carbons (Fsp3) is 0.667. The summed E-state index contributed by atoms with van der Waals surface area (Å²) in [5.41, 5.74) is 1.23. The molecule has 1 rings (SSSR count). The van der Waals surface area contributed by atoms with Crippen molar-refractivity contribution in [1.82, 2.24) is 0 Å². The minimum absolute atomic E-state index is 0.255. The molecule has 120 valence electrons. The topological polar surface area (TPSA) is 29.5 Å². The molecule has 0 saturated carbocycles. The number of nitrogens with zero attached hydrogens (tertiary/aromatic N) is 1. The molecule has 0 saturated heterocycles. The molecule has 2 atom stereocenters. The van der Waals surface area contributed by atoms with Crippen LogP contribution in [0.3, 0.4) is 0 Å². The van der Waals surface area contributed by atoms with Gasteiger partial charge in [-0.15, -0.1) is 0 Å². The van der Waals surface area contributed by atoms with Gasteiger partial charge in [0.05, 0.1) is 33.4 Å². The second-order valence-electron chi connectivity index (χ2n) is 6.69. The average molecular weight is 294 g/mol. The lowest BCUT2D eigenvalue weighted by atomic mass is 10.1. The van der Waals surface area contributed by atoms with E-state index >= 15 is 0 Å². The third-order valence-corrected chi connectivity index (χ3v) is 3.75. The molecule has 0 amide bonds. The second-order valence-corrected chi connectivity index (χ2v) is 6.69. The Morgan fingerprint density at radius 2 is 1.81 bits per heavy atom. The van der Waals surface area contributed by atoms with Gasteiger partial charge in [-0.2, -0.15) is 0 Å². The summed E-state index contributed by atoms with van der Waals surface area (Å²) in [5, 5.41) is 9.56. The predicted molar refractivity (Wildman–Crippen MR) is 88.1 cm³/mol. The second kappa shape index (κ2) is 9.19. The SMILES string of the molecule is CCCC(CC[N+](C)(C)CC(C)O)OCc1ccccc1. The maximum atomic E-state index is 9.56. The number of aliphatic hydroxyl groups is 1. The van der Waals surface area contributed by atoms with Crippen molar-refractivity contribution in [2.24, 2.45) is 0 Å². The van der Waals surface area contributed by atoms with Crippen molar-refractivity contribution >= 4 is 0 Å². The first kappa shape index (κ1) is 18.1. The van der Waals surface area contributed by atoms with Gasteiger partial charge in [-0.1, -0.05) is 43.7 Å². The van der Waals surface area contributed by atoms with Crippen molar-refractivity contribution in [3.8, 4) is 0 Å². The molecular weight excluding hydrogens is 262 g/mol. The van der Waals surface area contributed by atoms with Crippen LogP contribution in [0.2, 0.25) is 0 Å². The minimum atomic E-state index is -0.255. The summed E-state index contributed by atoms with van der Waals surface area (Å²) in [7, 11) is 4.35. The van der Waals surface area contributed by atoms with Crippen molar-refractivity contribution in [2.45, 2.75) is 51.9 Å². The van der Waals surface area contributed by atoms with Gasteiger partial charge in [0.2, 0.25) is 0 Å². The fourth-order valence-electron chi connectivity index (χ4n) is 2.72. The summed E-state index contributed by atoms with van der Waals surface area (Å²) in [6.45, 7) is 6.57. The van der Waals surface area contributed by atoms with Crippen LogP contribution in [0.5, 0.6) is 0 Å². The van der Waals surface area contributed by atoms with Crippen molar-refractivity contribution in [2.75, 3.05) is 27.2 Å². The van der Waals surface area contributed by atoms with E-state index in [9.17, 15) is 5.11 Å². The number of likely N-dealkylation sites (N-methyl/N-ethyl adjacent to an activating group) is 1. The highest BCUT2D eigenvalue weighted by molar-refractivity contribution is 5.13. The molecule has 1 aromatic rings. The quantitative estimate of drug-likeness (QED) is 0.671. The minimum Gasteiger partial charge on any atom is -0.388 e. The van der Waals surface area contributed by atoms with E-state index in [1.807, 2.05) is 13.0 Å². The Hall–Kier alpha value is -0.900. The van der Waals surface area contributed by atoms with E-state index in [0.29, 0.717) is 12.7 Å². The van der Waals surface area contributed by atoms with Crippen molar-refractivity contribution in [3.05, 3.63) is 35.9 Å². The normalized spacial score (nSPS) is 14.9. The third kappa shape index (κ3) is 8.20. The van der Waals surface area contributed by atoms with E-state index in [2.05, 4.69) is 45.3 Å². The molecule has 0 aromatic heterocycles. The molecule has 1 N–H and O–H groups in total. The summed E-state index contributed by atoms with van der Waals surface area (Å²) in [6.07, 6.45) is 3.34. The number of benzene rings is 1.